The summed E-state index contributed by atoms with van der Waals surface area (Å²) >= 11 is 0. The third-order valence-electron chi connectivity index (χ3n) is 5.29. The highest BCUT2D eigenvalue weighted by Gasteiger charge is 2.32. The Morgan fingerprint density at radius 3 is 2.68 bits per heavy atom. The highest BCUT2D eigenvalue weighted by Crippen LogP contribution is 2.45. The SMILES string of the molecule is CNC(=O)C=C(C)C=CC=C(C)C=CC1=C(C)C(n2cncn2)CCC1(C)C. The average Bonchev–Trinajstić information content (AvgIpc) is 3.15. The topological polar surface area (TPSA) is 59.8 Å². The van der Waals surface area contributed by atoms with E-state index in [2.05, 4.69) is 61.3 Å². The van der Waals surface area contributed by atoms with E-state index < -0.39 is 0 Å². The van der Waals surface area contributed by atoms with E-state index >= 15 is 0 Å². The lowest BCUT2D eigenvalue weighted by Gasteiger charge is -2.37. The summed E-state index contributed by atoms with van der Waals surface area (Å²) in [6.45, 7) is 10.8. The van der Waals surface area contributed by atoms with E-state index in [0.29, 0.717) is 0 Å². The summed E-state index contributed by atoms with van der Waals surface area (Å²) in [5, 5.41) is 6.93. The summed E-state index contributed by atoms with van der Waals surface area (Å²) < 4.78 is 1.96. The Balaban J connectivity index is 2.18. The van der Waals surface area contributed by atoms with Crippen LogP contribution in [-0.4, -0.2) is 27.7 Å². The van der Waals surface area contributed by atoms with Crippen LogP contribution in [0.25, 0.3) is 0 Å². The van der Waals surface area contributed by atoms with Gasteiger partial charge in [-0.1, -0.05) is 49.8 Å². The van der Waals surface area contributed by atoms with Crippen LogP contribution in [0.15, 0.2) is 71.4 Å². The summed E-state index contributed by atoms with van der Waals surface area (Å²) in [5.74, 6) is -0.0911. The van der Waals surface area contributed by atoms with Crippen molar-refractivity contribution in [1.29, 1.82) is 0 Å². The molecule has 1 aliphatic carbocycles. The number of allylic oxidation sites excluding steroid dienone is 9. The number of amides is 1. The van der Waals surface area contributed by atoms with Gasteiger partial charge in [0.15, 0.2) is 0 Å². The van der Waals surface area contributed by atoms with Gasteiger partial charge < -0.3 is 5.32 Å². The largest absolute Gasteiger partial charge is 0.356 e. The van der Waals surface area contributed by atoms with E-state index in [4.69, 9.17) is 0 Å². The van der Waals surface area contributed by atoms with Crippen LogP contribution in [0, 0.1) is 5.41 Å². The summed E-state index contributed by atoms with van der Waals surface area (Å²) in [6, 6.07) is 0.275. The van der Waals surface area contributed by atoms with Gasteiger partial charge in [-0.25, -0.2) is 9.67 Å². The van der Waals surface area contributed by atoms with E-state index in [1.165, 1.54) is 11.1 Å². The third-order valence-corrected chi connectivity index (χ3v) is 5.29. The van der Waals surface area contributed by atoms with Gasteiger partial charge in [0.05, 0.1) is 6.04 Å². The van der Waals surface area contributed by atoms with E-state index in [-0.39, 0.29) is 17.4 Å². The molecule has 0 saturated heterocycles. The molecule has 5 heteroatoms. The number of aromatic nitrogens is 3. The fraction of sp³-hybridized carbons (Fsp3) is 0.435. The molecular weight excluding hydrogens is 348 g/mol. The number of rotatable bonds is 6. The maximum Gasteiger partial charge on any atom is 0.243 e. The fourth-order valence-corrected chi connectivity index (χ4v) is 3.58. The molecular formula is C23H32N4O. The van der Waals surface area contributed by atoms with E-state index in [9.17, 15) is 4.79 Å². The lowest BCUT2D eigenvalue weighted by atomic mass is 9.71. The smallest absolute Gasteiger partial charge is 0.243 e. The van der Waals surface area contributed by atoms with E-state index in [0.717, 1.165) is 24.0 Å². The zero-order valence-electron chi connectivity index (χ0n) is 17.9. The van der Waals surface area contributed by atoms with Crippen LogP contribution in [0.3, 0.4) is 0 Å². The average molecular weight is 381 g/mol. The number of hydrogen-bond acceptors (Lipinski definition) is 3. The molecule has 1 amide bonds. The molecule has 28 heavy (non-hydrogen) atoms. The third kappa shape index (κ3) is 5.65. The van der Waals surface area contributed by atoms with Crippen molar-refractivity contribution in [3.8, 4) is 0 Å². The van der Waals surface area contributed by atoms with Crippen molar-refractivity contribution in [2.45, 2.75) is 53.5 Å². The van der Waals surface area contributed by atoms with E-state index in [1.807, 2.05) is 23.8 Å². The zero-order valence-corrected chi connectivity index (χ0v) is 17.9. The van der Waals surface area contributed by atoms with Gasteiger partial charge in [-0.2, -0.15) is 5.10 Å². The Morgan fingerprint density at radius 1 is 1.29 bits per heavy atom. The minimum Gasteiger partial charge on any atom is -0.356 e. The molecule has 0 fully saturated rings. The van der Waals surface area contributed by atoms with Crippen molar-refractivity contribution in [1.82, 2.24) is 20.1 Å². The van der Waals surface area contributed by atoms with Crippen molar-refractivity contribution in [3.63, 3.8) is 0 Å². The molecule has 0 aromatic carbocycles. The maximum absolute atomic E-state index is 11.3. The molecule has 1 aromatic heterocycles. The Morgan fingerprint density at radius 2 is 2.04 bits per heavy atom. The molecule has 150 valence electrons. The van der Waals surface area contributed by atoms with E-state index in [1.54, 1.807) is 25.8 Å². The van der Waals surface area contributed by atoms with Gasteiger partial charge in [-0.05, 0) is 55.7 Å². The van der Waals surface area contributed by atoms with Crippen molar-refractivity contribution < 1.29 is 4.79 Å². The highest BCUT2D eigenvalue weighted by molar-refractivity contribution is 5.88. The van der Waals surface area contributed by atoms with Gasteiger partial charge in [0.2, 0.25) is 5.91 Å². The second-order valence-electron chi connectivity index (χ2n) is 8.02. The van der Waals surface area contributed by atoms with Crippen molar-refractivity contribution in [2.75, 3.05) is 7.05 Å². The predicted octanol–water partition coefficient (Wildman–Crippen LogP) is 4.71. The summed E-state index contributed by atoms with van der Waals surface area (Å²) in [7, 11) is 1.63. The fourth-order valence-electron chi connectivity index (χ4n) is 3.58. The molecule has 5 nitrogen and oxygen atoms in total. The Bertz CT molecular complexity index is 836. The number of nitrogens with one attached hydrogen (secondary N) is 1. The molecule has 0 aliphatic heterocycles. The first-order valence-electron chi connectivity index (χ1n) is 9.73. The Hall–Kier alpha value is -2.69. The Kier molecular flexibility index (Phi) is 7.32. The van der Waals surface area contributed by atoms with Gasteiger partial charge in [-0.3, -0.25) is 4.79 Å². The molecule has 1 N–H and O–H groups in total. The molecule has 2 rings (SSSR count). The van der Waals surface area contributed by atoms with Crippen LogP contribution >= 0.6 is 0 Å². The minimum atomic E-state index is -0.0911. The van der Waals surface area contributed by atoms with Crippen LogP contribution in [0.2, 0.25) is 0 Å². The van der Waals surface area contributed by atoms with Gasteiger partial charge in [0, 0.05) is 13.1 Å². The van der Waals surface area contributed by atoms with Gasteiger partial charge in [0.1, 0.15) is 12.7 Å². The number of hydrogen-bond donors (Lipinski definition) is 1. The van der Waals surface area contributed by atoms with Crippen LogP contribution < -0.4 is 5.32 Å². The minimum absolute atomic E-state index is 0.0911. The van der Waals surface area contributed by atoms with Gasteiger partial charge >= 0.3 is 0 Å². The predicted molar refractivity (Wildman–Crippen MR) is 115 cm³/mol. The van der Waals surface area contributed by atoms with Crippen molar-refractivity contribution >= 4 is 5.91 Å². The summed E-state index contributed by atoms with van der Waals surface area (Å²) in [6.07, 6.45) is 17.5. The molecule has 0 spiro atoms. The highest BCUT2D eigenvalue weighted by atomic mass is 16.1. The van der Waals surface area contributed by atoms with Crippen molar-refractivity contribution in [3.05, 3.63) is 71.4 Å². The summed E-state index contributed by atoms with van der Waals surface area (Å²) in [5.41, 5.74) is 4.93. The first-order valence-corrected chi connectivity index (χ1v) is 9.73. The number of likely N-dealkylation sites (N-methyl/N-ethyl adjacent to an activating group) is 1. The first-order chi connectivity index (χ1) is 13.2. The lowest BCUT2D eigenvalue weighted by Crippen LogP contribution is -2.26. The second-order valence-corrected chi connectivity index (χ2v) is 8.02. The van der Waals surface area contributed by atoms with Crippen LogP contribution in [0.1, 0.15) is 53.5 Å². The molecule has 1 unspecified atom stereocenters. The number of carbonyl (C=O) groups is 1. The molecule has 0 bridgehead atoms. The second kappa shape index (κ2) is 9.49. The molecule has 1 heterocycles. The van der Waals surface area contributed by atoms with Crippen LogP contribution in [-0.2, 0) is 4.79 Å². The monoisotopic (exact) mass is 380 g/mol. The summed E-state index contributed by atoms with van der Waals surface area (Å²) in [4.78, 5) is 15.4. The standard InChI is InChI=1S/C23H32N4O/c1-17(8-7-9-18(2)14-22(28)24-6)10-11-20-19(3)21(12-13-23(20,4)5)27-16-25-15-26-27/h7-11,14-16,21H,12-13H2,1-6H3,(H,24,28). The normalized spacial score (nSPS) is 21.0. The molecule has 1 aliphatic rings. The Labute approximate surface area is 168 Å². The molecule has 1 atom stereocenters. The lowest BCUT2D eigenvalue weighted by molar-refractivity contribution is -0.116. The first kappa shape index (κ1) is 21.6. The van der Waals surface area contributed by atoms with Crippen molar-refractivity contribution in [2.24, 2.45) is 5.41 Å². The number of carbonyl (C=O) groups excluding carboxylic acids is 1. The van der Waals surface area contributed by atoms with Gasteiger partial charge in [-0.15, -0.1) is 0 Å². The molecule has 1 aromatic rings. The maximum atomic E-state index is 11.3. The van der Waals surface area contributed by atoms with Crippen LogP contribution in [0.5, 0.6) is 0 Å². The van der Waals surface area contributed by atoms with Gasteiger partial charge in [0.25, 0.3) is 0 Å². The quantitative estimate of drug-likeness (QED) is 0.574. The molecule has 0 radical (unpaired) electrons. The zero-order chi connectivity index (χ0) is 20.7. The molecule has 0 saturated carbocycles. The van der Waals surface area contributed by atoms with Crippen LogP contribution in [0.4, 0.5) is 0 Å². The number of nitrogens with zero attached hydrogens (tertiary/aromatic N) is 3.